The Balaban J connectivity index is 1.64. The number of amides is 2. The number of benzene rings is 3. The van der Waals surface area contributed by atoms with E-state index >= 15 is 0 Å². The molecule has 9 nitrogen and oxygen atoms in total. The van der Waals surface area contributed by atoms with Gasteiger partial charge in [0.15, 0.2) is 0 Å². The number of rotatable bonds is 6. The number of carbonyl (C=O) groups is 4. The maximum absolute atomic E-state index is 13.6. The van der Waals surface area contributed by atoms with Gasteiger partial charge in [0.25, 0.3) is 5.91 Å². The minimum Gasteiger partial charge on any atom is -0.386 e. The molecule has 1 aliphatic heterocycles. The SMILES string of the molecule is N=C(N)c1ccc(C#Cc2ccc3c(c2)C(=O)N(CCC(=O)OC(=O)C(F)(F)F)CC(=O)N3Cc2ccc(Cl)cc2)cc1. The number of nitrogens with zero attached hydrogens (tertiary/aromatic N) is 2. The number of halogens is 4. The molecule has 4 rings (SSSR count). The van der Waals surface area contributed by atoms with Gasteiger partial charge in [-0.15, -0.1) is 0 Å². The summed E-state index contributed by atoms with van der Waals surface area (Å²) in [7, 11) is 0. The van der Waals surface area contributed by atoms with Gasteiger partial charge in [-0.25, -0.2) is 4.79 Å². The molecule has 0 aliphatic carbocycles. The molecule has 1 aliphatic rings. The summed E-state index contributed by atoms with van der Waals surface area (Å²) in [5.41, 5.74) is 8.06. The van der Waals surface area contributed by atoms with Gasteiger partial charge >= 0.3 is 18.1 Å². The third-order valence-electron chi connectivity index (χ3n) is 6.26. The van der Waals surface area contributed by atoms with Gasteiger partial charge < -0.3 is 20.3 Å². The normalized spacial score (nSPS) is 13.0. The predicted molar refractivity (Wildman–Crippen MR) is 150 cm³/mol. The Bertz CT molecular complexity index is 1660. The molecule has 43 heavy (non-hydrogen) atoms. The fourth-order valence-electron chi connectivity index (χ4n) is 4.09. The third kappa shape index (κ3) is 7.78. The van der Waals surface area contributed by atoms with Crippen molar-refractivity contribution in [3.63, 3.8) is 0 Å². The van der Waals surface area contributed by atoms with Crippen LogP contribution in [0.5, 0.6) is 0 Å². The van der Waals surface area contributed by atoms with Crippen molar-refractivity contribution in [2.45, 2.75) is 19.1 Å². The average molecular weight is 611 g/mol. The molecule has 0 radical (unpaired) electrons. The zero-order valence-electron chi connectivity index (χ0n) is 22.2. The number of nitrogens with two attached hydrogens (primary N) is 1. The lowest BCUT2D eigenvalue weighted by Crippen LogP contribution is -2.40. The molecule has 3 aromatic carbocycles. The van der Waals surface area contributed by atoms with E-state index in [0.717, 1.165) is 4.90 Å². The highest BCUT2D eigenvalue weighted by atomic mass is 35.5. The maximum atomic E-state index is 13.6. The third-order valence-corrected chi connectivity index (χ3v) is 6.51. The summed E-state index contributed by atoms with van der Waals surface area (Å²) in [4.78, 5) is 52.2. The monoisotopic (exact) mass is 610 g/mol. The lowest BCUT2D eigenvalue weighted by Gasteiger charge is -2.23. The first kappa shape index (κ1) is 30.8. The van der Waals surface area contributed by atoms with Gasteiger partial charge in [-0.05, 0) is 48.0 Å². The summed E-state index contributed by atoms with van der Waals surface area (Å²) < 4.78 is 41.2. The highest BCUT2D eigenvalue weighted by Crippen LogP contribution is 2.29. The molecular formula is C30H22ClF3N4O5. The summed E-state index contributed by atoms with van der Waals surface area (Å²) in [6.45, 7) is -0.911. The van der Waals surface area contributed by atoms with E-state index < -0.39 is 49.4 Å². The Kier molecular flexibility index (Phi) is 9.16. The van der Waals surface area contributed by atoms with Crippen molar-refractivity contribution in [3.8, 4) is 11.8 Å². The molecule has 0 aromatic heterocycles. The van der Waals surface area contributed by atoms with Crippen LogP contribution < -0.4 is 10.6 Å². The van der Waals surface area contributed by atoms with E-state index in [1.807, 2.05) is 0 Å². The number of nitrogen functional groups attached to an aromatic ring is 1. The van der Waals surface area contributed by atoms with Crippen LogP contribution in [-0.4, -0.2) is 53.8 Å². The molecule has 0 bridgehead atoms. The molecule has 0 fully saturated rings. The first-order valence-electron chi connectivity index (χ1n) is 12.6. The number of anilines is 1. The summed E-state index contributed by atoms with van der Waals surface area (Å²) in [6, 6.07) is 18.0. The Morgan fingerprint density at radius 1 is 0.977 bits per heavy atom. The van der Waals surface area contributed by atoms with Crippen molar-refractivity contribution in [2.75, 3.05) is 18.0 Å². The van der Waals surface area contributed by atoms with E-state index in [-0.39, 0.29) is 23.6 Å². The van der Waals surface area contributed by atoms with Crippen LogP contribution in [0.1, 0.15) is 39.0 Å². The molecule has 3 N–H and O–H groups in total. The van der Waals surface area contributed by atoms with Crippen LogP contribution in [0, 0.1) is 17.3 Å². The highest BCUT2D eigenvalue weighted by Gasteiger charge is 2.42. The number of ether oxygens (including phenoxy) is 1. The second kappa shape index (κ2) is 12.8. The topological polar surface area (TPSA) is 134 Å². The van der Waals surface area contributed by atoms with Gasteiger partial charge in [0.1, 0.15) is 12.4 Å². The van der Waals surface area contributed by atoms with Crippen LogP contribution in [0.15, 0.2) is 66.7 Å². The second-order valence-corrected chi connectivity index (χ2v) is 9.75. The van der Waals surface area contributed by atoms with Crippen molar-refractivity contribution < 1.29 is 37.1 Å². The minimum absolute atomic E-state index is 0.0678. The molecule has 3 aromatic rings. The number of nitrogens with one attached hydrogen (secondary N) is 1. The summed E-state index contributed by atoms with van der Waals surface area (Å²) in [6.07, 6.45) is -6.12. The first-order valence-corrected chi connectivity index (χ1v) is 13.0. The van der Waals surface area contributed by atoms with Crippen molar-refractivity contribution in [2.24, 2.45) is 5.73 Å². The van der Waals surface area contributed by atoms with E-state index in [9.17, 15) is 32.3 Å². The van der Waals surface area contributed by atoms with Crippen molar-refractivity contribution >= 4 is 46.9 Å². The zero-order chi connectivity index (χ0) is 31.3. The summed E-state index contributed by atoms with van der Waals surface area (Å²) in [5, 5.41) is 7.98. The number of esters is 2. The van der Waals surface area contributed by atoms with Gasteiger partial charge in [-0.2, -0.15) is 13.2 Å². The Labute approximate surface area is 248 Å². The predicted octanol–water partition coefficient (Wildman–Crippen LogP) is 4.04. The lowest BCUT2D eigenvalue weighted by molar-refractivity contribution is -0.201. The van der Waals surface area contributed by atoms with Crippen molar-refractivity contribution in [1.82, 2.24) is 4.90 Å². The van der Waals surface area contributed by atoms with Crippen LogP contribution >= 0.6 is 11.6 Å². The lowest BCUT2D eigenvalue weighted by atomic mass is 10.1. The standard InChI is InChI=1S/C30H22ClF3N4O5/c31-22-10-5-20(6-11-22)16-38-24-12-7-19(2-1-18-3-8-21(9-4-18)27(35)36)15-23(24)28(41)37(17-25(38)39)14-13-26(40)43-29(42)30(32,33)34/h3-12,15H,13-14,16-17H2,(H3,35,36). The van der Waals surface area contributed by atoms with Crippen LogP contribution in [0.4, 0.5) is 18.9 Å². The minimum atomic E-state index is -5.36. The van der Waals surface area contributed by atoms with E-state index in [1.54, 1.807) is 60.7 Å². The molecule has 13 heteroatoms. The quantitative estimate of drug-likeness (QED) is 0.142. The van der Waals surface area contributed by atoms with Gasteiger partial charge in [-0.1, -0.05) is 47.7 Å². The first-order chi connectivity index (χ1) is 20.3. The maximum Gasteiger partial charge on any atom is 0.491 e. The Morgan fingerprint density at radius 3 is 2.23 bits per heavy atom. The summed E-state index contributed by atoms with van der Waals surface area (Å²) in [5.74, 6) is 0.429. The second-order valence-electron chi connectivity index (χ2n) is 9.32. The number of carbonyl (C=O) groups excluding carboxylic acids is 4. The van der Waals surface area contributed by atoms with E-state index in [0.29, 0.717) is 27.3 Å². The molecule has 0 spiro atoms. The fourth-order valence-corrected chi connectivity index (χ4v) is 4.21. The molecular weight excluding hydrogens is 589 g/mol. The zero-order valence-corrected chi connectivity index (χ0v) is 23.0. The van der Waals surface area contributed by atoms with Crippen LogP contribution in [0.2, 0.25) is 5.02 Å². The number of hydrogen-bond acceptors (Lipinski definition) is 6. The molecule has 220 valence electrons. The number of amidine groups is 1. The van der Waals surface area contributed by atoms with Crippen LogP contribution in [0.3, 0.4) is 0 Å². The smallest absolute Gasteiger partial charge is 0.386 e. The van der Waals surface area contributed by atoms with E-state index in [1.165, 1.54) is 11.0 Å². The van der Waals surface area contributed by atoms with Gasteiger partial charge in [0.05, 0.1) is 24.2 Å². The van der Waals surface area contributed by atoms with Gasteiger partial charge in [0.2, 0.25) is 5.91 Å². The Hall–Kier alpha value is -5.15. The molecule has 0 saturated carbocycles. The van der Waals surface area contributed by atoms with E-state index in [2.05, 4.69) is 16.6 Å². The molecule has 0 atom stereocenters. The number of alkyl halides is 3. The van der Waals surface area contributed by atoms with Crippen LogP contribution in [0.25, 0.3) is 0 Å². The van der Waals surface area contributed by atoms with E-state index in [4.69, 9.17) is 22.7 Å². The number of hydrogen-bond donors (Lipinski definition) is 2. The van der Waals surface area contributed by atoms with Gasteiger partial charge in [0, 0.05) is 28.3 Å². The Morgan fingerprint density at radius 2 is 1.60 bits per heavy atom. The fraction of sp³-hybridized carbons (Fsp3) is 0.167. The van der Waals surface area contributed by atoms with Crippen molar-refractivity contribution in [1.29, 1.82) is 5.41 Å². The number of fused-ring (bicyclic) bond motifs is 1. The van der Waals surface area contributed by atoms with Crippen molar-refractivity contribution in [3.05, 3.63) is 99.6 Å². The molecule has 0 saturated heterocycles. The molecule has 0 unspecified atom stereocenters. The highest BCUT2D eigenvalue weighted by molar-refractivity contribution is 6.30. The average Bonchev–Trinajstić information content (AvgIpc) is 3.05. The van der Waals surface area contributed by atoms with Gasteiger partial charge in [-0.3, -0.25) is 19.8 Å². The largest absolute Gasteiger partial charge is 0.491 e. The molecule has 1 heterocycles. The summed E-state index contributed by atoms with van der Waals surface area (Å²) >= 11 is 5.98. The molecule has 2 amide bonds. The van der Waals surface area contributed by atoms with Crippen LogP contribution in [-0.2, 0) is 25.7 Å².